The third-order valence-electron chi connectivity index (χ3n) is 9.50. The van der Waals surface area contributed by atoms with E-state index in [-0.39, 0.29) is 17.9 Å². The zero-order chi connectivity index (χ0) is 28.3. The van der Waals surface area contributed by atoms with Gasteiger partial charge in [0.2, 0.25) is 0 Å². The largest absolute Gasteiger partial charge is 0.459 e. The Balaban J connectivity index is 1.12. The fraction of sp³-hybridized carbons (Fsp3) is 0.125. The Bertz CT molecular complexity index is 1970. The van der Waals surface area contributed by atoms with Gasteiger partial charge in [0.05, 0.1) is 17.4 Å². The number of nitrogens with one attached hydrogen (secondary N) is 1. The monoisotopic (exact) mass is 554 g/mol. The average molecular weight is 555 g/mol. The fourth-order valence-corrected chi connectivity index (χ4v) is 7.52. The van der Waals surface area contributed by atoms with Gasteiger partial charge in [0.25, 0.3) is 0 Å². The number of hydrogen-bond donors (Lipinski definition) is 1. The van der Waals surface area contributed by atoms with Crippen LogP contribution in [0.3, 0.4) is 0 Å². The molecule has 0 radical (unpaired) electrons. The number of benzene rings is 4. The number of fused-ring (bicyclic) bond motifs is 8. The van der Waals surface area contributed by atoms with E-state index >= 15 is 0 Å². The van der Waals surface area contributed by atoms with Gasteiger partial charge in [-0.3, -0.25) is 4.99 Å². The number of allylic oxidation sites excluding steroid dienone is 8. The lowest BCUT2D eigenvalue weighted by molar-refractivity contribution is 0.430. The highest BCUT2D eigenvalue weighted by Gasteiger charge is 2.38. The highest BCUT2D eigenvalue weighted by atomic mass is 16.5. The van der Waals surface area contributed by atoms with E-state index < -0.39 is 0 Å². The molecule has 0 bridgehead atoms. The van der Waals surface area contributed by atoms with Gasteiger partial charge in [-0.25, -0.2) is 0 Å². The second-order valence-corrected chi connectivity index (χ2v) is 11.8. The van der Waals surface area contributed by atoms with Crippen molar-refractivity contribution in [3.05, 3.63) is 173 Å². The van der Waals surface area contributed by atoms with Crippen molar-refractivity contribution in [3.8, 4) is 16.9 Å². The van der Waals surface area contributed by atoms with Gasteiger partial charge in [0, 0.05) is 46.2 Å². The van der Waals surface area contributed by atoms with Gasteiger partial charge in [-0.1, -0.05) is 134 Å². The molecule has 0 saturated heterocycles. The van der Waals surface area contributed by atoms with Gasteiger partial charge in [0.1, 0.15) is 11.5 Å². The minimum Gasteiger partial charge on any atom is -0.459 e. The van der Waals surface area contributed by atoms with Crippen LogP contribution in [0.2, 0.25) is 0 Å². The first-order valence-electron chi connectivity index (χ1n) is 15.2. The number of ether oxygens (including phenoxy) is 1. The molecule has 2 heterocycles. The molecule has 2 aliphatic heterocycles. The van der Waals surface area contributed by atoms with Crippen LogP contribution >= 0.6 is 0 Å². The molecule has 3 heteroatoms. The van der Waals surface area contributed by atoms with E-state index in [0.717, 1.165) is 40.5 Å². The van der Waals surface area contributed by atoms with Crippen LogP contribution < -0.4 is 10.1 Å². The van der Waals surface area contributed by atoms with Gasteiger partial charge >= 0.3 is 0 Å². The Hall–Kier alpha value is -5.15. The summed E-state index contributed by atoms with van der Waals surface area (Å²) in [5, 5.41) is 3.93. The minimum atomic E-state index is -0.0618. The average Bonchev–Trinajstić information content (AvgIpc) is 3.48. The summed E-state index contributed by atoms with van der Waals surface area (Å²) in [5.74, 6) is 2.81. The van der Waals surface area contributed by atoms with Crippen LogP contribution in [0.4, 0.5) is 0 Å². The summed E-state index contributed by atoms with van der Waals surface area (Å²) in [4.78, 5) is 5.16. The molecule has 0 fully saturated rings. The maximum Gasteiger partial charge on any atom is 0.138 e. The van der Waals surface area contributed by atoms with E-state index in [1.165, 1.54) is 33.4 Å². The van der Waals surface area contributed by atoms with Crippen molar-refractivity contribution in [2.75, 3.05) is 0 Å². The number of rotatable bonds is 3. The smallest absolute Gasteiger partial charge is 0.138 e. The Morgan fingerprint density at radius 2 is 1.40 bits per heavy atom. The normalized spacial score (nSPS) is 24.0. The predicted octanol–water partition coefficient (Wildman–Crippen LogP) is 9.12. The lowest BCUT2D eigenvalue weighted by atomic mass is 9.73. The minimum absolute atomic E-state index is 0.0618. The summed E-state index contributed by atoms with van der Waals surface area (Å²) in [7, 11) is 0. The summed E-state index contributed by atoms with van der Waals surface area (Å²) in [6.07, 6.45) is 16.5. The number of para-hydroxylation sites is 1. The molecular weight excluding hydrogens is 524 g/mol. The molecule has 4 aromatic carbocycles. The molecule has 0 saturated carbocycles. The first kappa shape index (κ1) is 24.4. The van der Waals surface area contributed by atoms with Crippen molar-refractivity contribution < 1.29 is 4.74 Å². The zero-order valence-corrected chi connectivity index (χ0v) is 23.7. The molecule has 43 heavy (non-hydrogen) atoms. The topological polar surface area (TPSA) is 33.6 Å². The second-order valence-electron chi connectivity index (χ2n) is 11.8. The lowest BCUT2D eigenvalue weighted by Crippen LogP contribution is -2.32. The van der Waals surface area contributed by atoms with Gasteiger partial charge in [0.15, 0.2) is 0 Å². The molecule has 3 nitrogen and oxygen atoms in total. The molecule has 1 N–H and O–H groups in total. The fourth-order valence-electron chi connectivity index (χ4n) is 7.52. The molecule has 4 atom stereocenters. The lowest BCUT2D eigenvalue weighted by Gasteiger charge is -2.37. The van der Waals surface area contributed by atoms with Crippen LogP contribution in [0.25, 0.3) is 22.4 Å². The van der Waals surface area contributed by atoms with Crippen molar-refractivity contribution in [1.29, 1.82) is 0 Å². The van der Waals surface area contributed by atoms with Crippen molar-refractivity contribution in [2.24, 2.45) is 10.9 Å². The molecule has 4 unspecified atom stereocenters. The third kappa shape index (κ3) is 3.78. The van der Waals surface area contributed by atoms with E-state index in [9.17, 15) is 0 Å². The molecule has 5 aliphatic rings. The Morgan fingerprint density at radius 1 is 0.674 bits per heavy atom. The van der Waals surface area contributed by atoms with Crippen LogP contribution in [0.5, 0.6) is 5.75 Å². The Kier molecular flexibility index (Phi) is 5.52. The molecular formula is C40H30N2O. The predicted molar refractivity (Wildman–Crippen MR) is 175 cm³/mol. The van der Waals surface area contributed by atoms with Crippen LogP contribution in [-0.2, 0) is 0 Å². The van der Waals surface area contributed by atoms with E-state index in [4.69, 9.17) is 9.73 Å². The van der Waals surface area contributed by atoms with Gasteiger partial charge in [-0.05, 0) is 28.7 Å². The summed E-state index contributed by atoms with van der Waals surface area (Å²) < 4.78 is 6.85. The molecule has 0 amide bonds. The van der Waals surface area contributed by atoms with Crippen molar-refractivity contribution >= 4 is 17.5 Å². The quantitative estimate of drug-likeness (QED) is 0.274. The molecule has 0 aromatic heterocycles. The molecule has 0 spiro atoms. The van der Waals surface area contributed by atoms with E-state index in [1.54, 1.807) is 0 Å². The highest BCUT2D eigenvalue weighted by Crippen LogP contribution is 2.52. The maximum atomic E-state index is 6.85. The maximum absolute atomic E-state index is 6.85. The van der Waals surface area contributed by atoms with Crippen LogP contribution in [0.15, 0.2) is 150 Å². The third-order valence-corrected chi connectivity index (χ3v) is 9.50. The van der Waals surface area contributed by atoms with Crippen molar-refractivity contribution in [2.45, 2.75) is 24.3 Å². The van der Waals surface area contributed by atoms with Crippen molar-refractivity contribution in [1.82, 2.24) is 5.32 Å². The zero-order valence-electron chi connectivity index (χ0n) is 23.7. The van der Waals surface area contributed by atoms with E-state index in [1.807, 2.05) is 0 Å². The number of hydrogen-bond acceptors (Lipinski definition) is 3. The summed E-state index contributed by atoms with van der Waals surface area (Å²) in [6, 6.07) is 34.6. The van der Waals surface area contributed by atoms with Gasteiger partial charge in [-0.15, -0.1) is 0 Å². The standard InChI is InChI=1S/C40H30N2O/c1-2-12-25(13-3-1)26-20-10-22-34-35-23-11-21-33(40(35)43-39(26)34)29-16-4-7-17-30(29)36-24-41-37-31-18-8-5-14-27(31)28-15-6-9-19-32(28)38(37)42-36/h1-22,24,27,31,35-36,42H,23H2. The number of aliphatic imine (C=N–C) groups is 1. The Labute approximate surface area is 252 Å². The van der Waals surface area contributed by atoms with Gasteiger partial charge in [-0.2, -0.15) is 0 Å². The summed E-state index contributed by atoms with van der Waals surface area (Å²) in [5.41, 5.74) is 12.0. The van der Waals surface area contributed by atoms with Crippen LogP contribution in [0.1, 0.15) is 52.1 Å². The SMILES string of the molecule is C1=CC2C3=C(NC(c4ccccc4C4=C5Oc6c(-c7ccccc7)cccc6C5CC=C4)C=N3)c3ccccc3C2C=C1. The molecule has 9 rings (SSSR count). The van der Waals surface area contributed by atoms with E-state index in [0.29, 0.717) is 5.92 Å². The second kappa shape index (κ2) is 9.71. The molecule has 3 aliphatic carbocycles. The van der Waals surface area contributed by atoms with E-state index in [2.05, 4.69) is 145 Å². The molecule has 4 aromatic rings. The highest BCUT2D eigenvalue weighted by molar-refractivity contribution is 5.88. The Morgan fingerprint density at radius 3 is 2.28 bits per heavy atom. The first-order chi connectivity index (χ1) is 21.3. The summed E-state index contributed by atoms with van der Waals surface area (Å²) >= 11 is 0. The first-order valence-corrected chi connectivity index (χ1v) is 15.2. The van der Waals surface area contributed by atoms with Crippen molar-refractivity contribution in [3.63, 3.8) is 0 Å². The molecule has 206 valence electrons. The van der Waals surface area contributed by atoms with Crippen LogP contribution in [0, 0.1) is 5.92 Å². The summed E-state index contributed by atoms with van der Waals surface area (Å²) in [6.45, 7) is 0. The van der Waals surface area contributed by atoms with Crippen LogP contribution in [-0.4, -0.2) is 6.21 Å². The number of nitrogens with zero attached hydrogens (tertiary/aromatic N) is 1. The van der Waals surface area contributed by atoms with Gasteiger partial charge < -0.3 is 10.1 Å².